The van der Waals surface area contributed by atoms with Crippen LogP contribution in [0, 0.1) is 0 Å². The van der Waals surface area contributed by atoms with Gasteiger partial charge < -0.3 is 24.3 Å². The molecule has 1 atom stereocenters. The Morgan fingerprint density at radius 3 is 2.76 bits per heavy atom. The van der Waals surface area contributed by atoms with Crippen LogP contribution in [0.15, 0.2) is 54.7 Å². The highest BCUT2D eigenvalue weighted by Crippen LogP contribution is 2.38. The van der Waals surface area contributed by atoms with Gasteiger partial charge in [-0.3, -0.25) is 0 Å². The van der Waals surface area contributed by atoms with Gasteiger partial charge in [0.25, 0.3) is 0 Å². The van der Waals surface area contributed by atoms with Gasteiger partial charge in [-0.05, 0) is 42.0 Å². The lowest BCUT2D eigenvalue weighted by Crippen LogP contribution is -2.44. The number of nitrogens with one attached hydrogen (secondary N) is 1. The number of carbonyl (C=O) groups is 1. The van der Waals surface area contributed by atoms with E-state index in [4.69, 9.17) is 32.7 Å². The number of aromatic nitrogens is 1. The van der Waals surface area contributed by atoms with Gasteiger partial charge in [0.2, 0.25) is 6.79 Å². The predicted octanol–water partition coefficient (Wildman–Crippen LogP) is 5.16. The van der Waals surface area contributed by atoms with Gasteiger partial charge in [0.1, 0.15) is 6.04 Å². The lowest BCUT2D eigenvalue weighted by atomic mass is 10.00. The second-order valence-electron chi connectivity index (χ2n) is 6.89. The number of anilines is 1. The minimum Gasteiger partial charge on any atom is -0.454 e. The van der Waals surface area contributed by atoms with Crippen molar-refractivity contribution in [1.82, 2.24) is 9.47 Å². The molecule has 6 nitrogen and oxygen atoms in total. The monoisotopic (exact) mass is 429 g/mol. The van der Waals surface area contributed by atoms with Gasteiger partial charge in [0.15, 0.2) is 11.5 Å². The average Bonchev–Trinajstić information content (AvgIpc) is 3.36. The van der Waals surface area contributed by atoms with Crippen LogP contribution < -0.4 is 14.8 Å². The van der Waals surface area contributed by atoms with E-state index in [0.717, 1.165) is 11.3 Å². The number of urea groups is 1. The molecule has 0 spiro atoms. The molecule has 0 fully saturated rings. The minimum atomic E-state index is -0.322. The summed E-state index contributed by atoms with van der Waals surface area (Å²) in [6.07, 6.45) is 2.01. The molecule has 148 valence electrons. The minimum absolute atomic E-state index is 0.187. The SMILES string of the molecule is O=C(Nc1ccc2c(c1)OCO2)N1CCn2cccc2C1c1ccc(Cl)cc1Cl. The highest BCUT2D eigenvalue weighted by molar-refractivity contribution is 6.35. The van der Waals surface area contributed by atoms with E-state index in [0.29, 0.717) is 40.3 Å². The molecule has 1 unspecified atom stereocenters. The Bertz CT molecular complexity index is 1100. The molecule has 2 aromatic carbocycles. The van der Waals surface area contributed by atoms with Crippen molar-refractivity contribution in [1.29, 1.82) is 0 Å². The summed E-state index contributed by atoms with van der Waals surface area (Å²) in [7, 11) is 0. The van der Waals surface area contributed by atoms with Gasteiger partial charge in [-0.25, -0.2) is 4.79 Å². The fourth-order valence-corrected chi connectivity index (χ4v) is 4.33. The predicted molar refractivity (Wildman–Crippen MR) is 111 cm³/mol. The summed E-state index contributed by atoms with van der Waals surface area (Å²) < 4.78 is 12.9. The third-order valence-corrected chi connectivity index (χ3v) is 5.74. The van der Waals surface area contributed by atoms with Crippen LogP contribution in [0.1, 0.15) is 17.3 Å². The number of benzene rings is 2. The Morgan fingerprint density at radius 1 is 1.03 bits per heavy atom. The van der Waals surface area contributed by atoms with Gasteiger partial charge in [-0.15, -0.1) is 0 Å². The fourth-order valence-electron chi connectivity index (χ4n) is 3.82. The van der Waals surface area contributed by atoms with Crippen LogP contribution in [0.3, 0.4) is 0 Å². The Kier molecular flexibility index (Phi) is 4.53. The average molecular weight is 430 g/mol. The molecule has 2 aliphatic rings. The topological polar surface area (TPSA) is 55.7 Å². The van der Waals surface area contributed by atoms with E-state index in [1.165, 1.54) is 0 Å². The Labute approximate surface area is 177 Å². The molecule has 29 heavy (non-hydrogen) atoms. The number of carbonyl (C=O) groups excluding carboxylic acids is 1. The van der Waals surface area contributed by atoms with E-state index < -0.39 is 0 Å². The lowest BCUT2D eigenvalue weighted by molar-refractivity contribution is 0.174. The third-order valence-electron chi connectivity index (χ3n) is 5.18. The van der Waals surface area contributed by atoms with Crippen LogP contribution in [0.5, 0.6) is 11.5 Å². The molecule has 3 aromatic rings. The molecule has 2 amide bonds. The fraction of sp³-hybridized carbons (Fsp3) is 0.190. The van der Waals surface area contributed by atoms with Crippen molar-refractivity contribution in [2.75, 3.05) is 18.7 Å². The maximum absolute atomic E-state index is 13.2. The molecular weight excluding hydrogens is 413 g/mol. The number of halogens is 2. The van der Waals surface area contributed by atoms with Crippen LogP contribution >= 0.6 is 23.2 Å². The largest absolute Gasteiger partial charge is 0.454 e. The van der Waals surface area contributed by atoms with Crippen LogP contribution in [0.4, 0.5) is 10.5 Å². The summed E-state index contributed by atoms with van der Waals surface area (Å²) in [5, 5.41) is 4.05. The molecular formula is C21H17Cl2N3O3. The maximum atomic E-state index is 13.2. The molecule has 2 aliphatic heterocycles. The molecule has 5 rings (SSSR count). The standard InChI is InChI=1S/C21H17Cl2N3O3/c22-13-3-5-15(16(23)10-13)20-17-2-1-7-25(17)8-9-26(20)21(27)24-14-4-6-18-19(11-14)29-12-28-18/h1-7,10-11,20H,8-9,12H2,(H,24,27). The second kappa shape index (κ2) is 7.21. The molecule has 1 N–H and O–H groups in total. The Hall–Kier alpha value is -2.83. The van der Waals surface area contributed by atoms with Crippen LogP contribution in [0.25, 0.3) is 0 Å². The third kappa shape index (κ3) is 3.28. The molecule has 0 aliphatic carbocycles. The van der Waals surface area contributed by atoms with Gasteiger partial charge >= 0.3 is 6.03 Å². The lowest BCUT2D eigenvalue weighted by Gasteiger charge is -2.37. The van der Waals surface area contributed by atoms with E-state index in [2.05, 4.69) is 9.88 Å². The zero-order chi connectivity index (χ0) is 20.0. The van der Waals surface area contributed by atoms with Crippen molar-refractivity contribution in [2.24, 2.45) is 0 Å². The Balaban J connectivity index is 1.48. The number of nitrogens with zero attached hydrogens (tertiary/aromatic N) is 2. The summed E-state index contributed by atoms with van der Waals surface area (Å²) in [6, 6.07) is 14.2. The van der Waals surface area contributed by atoms with Gasteiger partial charge in [-0.2, -0.15) is 0 Å². The molecule has 0 saturated heterocycles. The van der Waals surface area contributed by atoms with Crippen molar-refractivity contribution in [3.05, 3.63) is 76.0 Å². The van der Waals surface area contributed by atoms with E-state index in [1.54, 1.807) is 35.2 Å². The van der Waals surface area contributed by atoms with Crippen molar-refractivity contribution in [3.8, 4) is 11.5 Å². The van der Waals surface area contributed by atoms with E-state index >= 15 is 0 Å². The zero-order valence-corrected chi connectivity index (χ0v) is 16.8. The van der Waals surface area contributed by atoms with E-state index in [9.17, 15) is 4.79 Å². The quantitative estimate of drug-likeness (QED) is 0.611. The van der Waals surface area contributed by atoms with Crippen LogP contribution in [0.2, 0.25) is 10.0 Å². The highest BCUT2D eigenvalue weighted by atomic mass is 35.5. The molecule has 0 radical (unpaired) electrons. The van der Waals surface area contributed by atoms with E-state index in [-0.39, 0.29) is 18.9 Å². The normalized spacial score (nSPS) is 17.2. The molecule has 3 heterocycles. The van der Waals surface area contributed by atoms with Crippen molar-refractivity contribution < 1.29 is 14.3 Å². The number of hydrogen-bond acceptors (Lipinski definition) is 3. The van der Waals surface area contributed by atoms with Gasteiger partial charge in [0, 0.05) is 46.8 Å². The van der Waals surface area contributed by atoms with Gasteiger partial charge in [0.05, 0.1) is 0 Å². The first-order valence-corrected chi connectivity index (χ1v) is 9.93. The zero-order valence-electron chi connectivity index (χ0n) is 15.3. The molecule has 0 bridgehead atoms. The summed E-state index contributed by atoms with van der Waals surface area (Å²) in [5.41, 5.74) is 2.47. The summed E-state index contributed by atoms with van der Waals surface area (Å²) in [6.45, 7) is 1.44. The highest BCUT2D eigenvalue weighted by Gasteiger charge is 2.33. The van der Waals surface area contributed by atoms with Crippen LogP contribution in [-0.2, 0) is 6.54 Å². The molecule has 1 aromatic heterocycles. The molecule has 8 heteroatoms. The number of ether oxygens (including phenoxy) is 2. The summed E-state index contributed by atoms with van der Waals surface area (Å²) in [4.78, 5) is 15.0. The first-order chi connectivity index (χ1) is 14.1. The van der Waals surface area contributed by atoms with Crippen molar-refractivity contribution in [2.45, 2.75) is 12.6 Å². The molecule has 0 saturated carbocycles. The van der Waals surface area contributed by atoms with Gasteiger partial charge in [-0.1, -0.05) is 29.3 Å². The second-order valence-corrected chi connectivity index (χ2v) is 7.73. The summed E-state index contributed by atoms with van der Waals surface area (Å²) in [5.74, 6) is 1.29. The first-order valence-electron chi connectivity index (χ1n) is 9.17. The Morgan fingerprint density at radius 2 is 1.90 bits per heavy atom. The number of amides is 2. The van der Waals surface area contributed by atoms with Crippen LogP contribution in [-0.4, -0.2) is 28.8 Å². The number of hydrogen-bond donors (Lipinski definition) is 1. The smallest absolute Gasteiger partial charge is 0.322 e. The van der Waals surface area contributed by atoms with E-state index in [1.807, 2.05) is 24.4 Å². The van der Waals surface area contributed by atoms with Crippen molar-refractivity contribution in [3.63, 3.8) is 0 Å². The summed E-state index contributed by atoms with van der Waals surface area (Å²) >= 11 is 12.6. The maximum Gasteiger partial charge on any atom is 0.322 e. The number of rotatable bonds is 2. The first kappa shape index (κ1) is 18.2. The number of fused-ring (bicyclic) bond motifs is 2. The van der Waals surface area contributed by atoms with Crippen molar-refractivity contribution >= 4 is 34.9 Å².